The standard InChI is InChI=1S/C71H138O17P2/c1-61(2)47-39-31-23-19-17-15-13-11-9-10-12-14-16-18-20-25-37-45-53-70(75)87-66(57-81-68(73)51-43-35-29-27-33-41-49-63(5)6)59-85-89(77,78)83-55-65(72)56-84-90(79,80)86-60-67(58-82-69(74)52-44-36-30-28-34-42-50-64(7)8)88-71(76)54-46-38-26-22-21-24-32-40-48-62(3)4/h61-67,72H,9-60H2,1-8H3,(H,77,78)(H,79,80)/t65?,66-,67-/m1/s1. The van der Waals surface area contributed by atoms with Crippen molar-refractivity contribution in [3.63, 3.8) is 0 Å². The van der Waals surface area contributed by atoms with E-state index in [1.165, 1.54) is 141 Å². The van der Waals surface area contributed by atoms with Crippen molar-refractivity contribution >= 4 is 39.5 Å². The fraction of sp³-hybridized carbons (Fsp3) is 0.944. The number of rotatable bonds is 68. The van der Waals surface area contributed by atoms with Crippen molar-refractivity contribution in [1.29, 1.82) is 0 Å². The van der Waals surface area contributed by atoms with E-state index >= 15 is 0 Å². The second kappa shape index (κ2) is 60.7. The summed E-state index contributed by atoms with van der Waals surface area (Å²) in [7, 11) is -9.90. The molecule has 3 N–H and O–H groups in total. The van der Waals surface area contributed by atoms with Crippen LogP contribution in [0.2, 0.25) is 0 Å². The van der Waals surface area contributed by atoms with Gasteiger partial charge >= 0.3 is 39.5 Å². The Bertz CT molecular complexity index is 1780. The van der Waals surface area contributed by atoms with E-state index in [4.69, 9.17) is 37.0 Å². The van der Waals surface area contributed by atoms with Crippen LogP contribution in [0.1, 0.15) is 351 Å². The lowest BCUT2D eigenvalue weighted by Crippen LogP contribution is -2.30. The predicted molar refractivity (Wildman–Crippen MR) is 363 cm³/mol. The Kier molecular flexibility index (Phi) is 59.4. The number of carbonyl (C=O) groups is 4. The van der Waals surface area contributed by atoms with Crippen molar-refractivity contribution in [1.82, 2.24) is 0 Å². The second-order valence-corrected chi connectivity index (χ2v) is 30.4. The Morgan fingerprint density at radius 1 is 0.278 bits per heavy atom. The van der Waals surface area contributed by atoms with Crippen molar-refractivity contribution in [3.8, 4) is 0 Å². The summed E-state index contributed by atoms with van der Waals surface area (Å²) in [4.78, 5) is 72.4. The summed E-state index contributed by atoms with van der Waals surface area (Å²) in [6, 6.07) is 0. The molecule has 5 atom stereocenters. The minimum absolute atomic E-state index is 0.103. The third-order valence-electron chi connectivity index (χ3n) is 16.3. The number of aliphatic hydroxyl groups is 1. The molecule has 0 aliphatic rings. The van der Waals surface area contributed by atoms with Crippen molar-refractivity contribution in [2.75, 3.05) is 39.6 Å². The first kappa shape index (κ1) is 88.1. The van der Waals surface area contributed by atoms with Crippen molar-refractivity contribution in [3.05, 3.63) is 0 Å². The monoisotopic (exact) mass is 1320 g/mol. The summed E-state index contributed by atoms with van der Waals surface area (Å²) in [5, 5.41) is 10.6. The lowest BCUT2D eigenvalue weighted by molar-refractivity contribution is -0.161. The minimum atomic E-state index is -4.95. The van der Waals surface area contributed by atoms with Gasteiger partial charge in [-0.3, -0.25) is 37.3 Å². The Morgan fingerprint density at radius 3 is 0.689 bits per heavy atom. The van der Waals surface area contributed by atoms with E-state index in [9.17, 15) is 43.2 Å². The molecule has 0 fully saturated rings. The first-order valence-electron chi connectivity index (χ1n) is 36.7. The summed E-state index contributed by atoms with van der Waals surface area (Å²) in [6.07, 6.45) is 43.6. The molecule has 0 saturated heterocycles. The van der Waals surface area contributed by atoms with E-state index in [0.29, 0.717) is 37.5 Å². The highest BCUT2D eigenvalue weighted by Gasteiger charge is 2.30. The normalized spacial score (nSPS) is 14.3. The molecular formula is C71H138O17P2. The van der Waals surface area contributed by atoms with Gasteiger partial charge in [0.2, 0.25) is 0 Å². The summed E-state index contributed by atoms with van der Waals surface area (Å²) >= 11 is 0. The zero-order valence-corrected chi connectivity index (χ0v) is 60.6. The Balaban J connectivity index is 5.14. The van der Waals surface area contributed by atoms with Crippen LogP contribution in [-0.2, 0) is 65.4 Å². The molecule has 0 bridgehead atoms. The lowest BCUT2D eigenvalue weighted by atomic mass is 10.0. The van der Waals surface area contributed by atoms with Crippen molar-refractivity contribution in [2.45, 2.75) is 369 Å². The van der Waals surface area contributed by atoms with Gasteiger partial charge in [-0.15, -0.1) is 0 Å². The lowest BCUT2D eigenvalue weighted by Gasteiger charge is -2.21. The average molecular weight is 1330 g/mol. The molecule has 0 radical (unpaired) electrons. The molecule has 90 heavy (non-hydrogen) atoms. The summed E-state index contributed by atoms with van der Waals surface area (Å²) < 4.78 is 68.2. The number of ether oxygens (including phenoxy) is 4. The van der Waals surface area contributed by atoms with Gasteiger partial charge < -0.3 is 33.8 Å². The molecule has 0 rings (SSSR count). The fourth-order valence-electron chi connectivity index (χ4n) is 10.7. The molecule has 0 aliphatic carbocycles. The average Bonchev–Trinajstić information content (AvgIpc) is 3.64. The van der Waals surface area contributed by atoms with Gasteiger partial charge in [-0.05, 0) is 49.4 Å². The summed E-state index contributed by atoms with van der Waals surface area (Å²) in [5.41, 5.74) is 0. The minimum Gasteiger partial charge on any atom is -0.462 e. The third kappa shape index (κ3) is 64.8. The van der Waals surface area contributed by atoms with Crippen LogP contribution in [0.4, 0.5) is 0 Å². The van der Waals surface area contributed by atoms with Crippen molar-refractivity contribution < 1.29 is 80.2 Å². The van der Waals surface area contributed by atoms with Gasteiger partial charge in [-0.25, -0.2) is 9.13 Å². The molecule has 3 unspecified atom stereocenters. The topological polar surface area (TPSA) is 237 Å². The zero-order chi connectivity index (χ0) is 66.8. The van der Waals surface area contributed by atoms with E-state index in [1.807, 2.05) is 0 Å². The van der Waals surface area contributed by atoms with Gasteiger partial charge in [0, 0.05) is 25.7 Å². The number of esters is 4. The molecule has 0 spiro atoms. The van der Waals surface area contributed by atoms with Crippen molar-refractivity contribution in [2.24, 2.45) is 23.7 Å². The Labute approximate surface area is 549 Å². The molecule has 0 aromatic rings. The number of carbonyl (C=O) groups excluding carboxylic acids is 4. The Hall–Kier alpha value is -1.94. The molecule has 0 aromatic heterocycles. The quantitative estimate of drug-likeness (QED) is 0.0222. The fourth-order valence-corrected chi connectivity index (χ4v) is 12.2. The molecule has 19 heteroatoms. The highest BCUT2D eigenvalue weighted by Crippen LogP contribution is 2.45. The van der Waals surface area contributed by atoms with Gasteiger partial charge in [0.25, 0.3) is 0 Å². The molecule has 0 amide bonds. The third-order valence-corrected chi connectivity index (χ3v) is 18.2. The largest absolute Gasteiger partial charge is 0.472 e. The van der Waals surface area contributed by atoms with E-state index in [1.54, 1.807) is 0 Å². The van der Waals surface area contributed by atoms with Crippen LogP contribution in [0.3, 0.4) is 0 Å². The Morgan fingerprint density at radius 2 is 0.467 bits per heavy atom. The molecule has 534 valence electrons. The van der Waals surface area contributed by atoms with Crippen LogP contribution >= 0.6 is 15.6 Å². The van der Waals surface area contributed by atoms with Crippen LogP contribution < -0.4 is 0 Å². The van der Waals surface area contributed by atoms with Gasteiger partial charge in [0.15, 0.2) is 12.2 Å². The maximum absolute atomic E-state index is 13.0. The van der Waals surface area contributed by atoms with E-state index < -0.39 is 97.5 Å². The maximum Gasteiger partial charge on any atom is 0.472 e. The highest BCUT2D eigenvalue weighted by atomic mass is 31.2. The first-order chi connectivity index (χ1) is 43.1. The molecular weight excluding hydrogens is 1190 g/mol. The van der Waals surface area contributed by atoms with Crippen LogP contribution in [-0.4, -0.2) is 96.7 Å². The number of unbranched alkanes of at least 4 members (excludes halogenated alkanes) is 34. The highest BCUT2D eigenvalue weighted by molar-refractivity contribution is 7.47. The molecule has 0 aromatic carbocycles. The number of hydrogen-bond acceptors (Lipinski definition) is 15. The number of phosphoric acid groups is 2. The predicted octanol–water partition coefficient (Wildman–Crippen LogP) is 20.1. The number of hydrogen-bond donors (Lipinski definition) is 3. The SMILES string of the molecule is CC(C)CCCCCCCCCCCCCCCCCCCCC(=O)O[C@H](COC(=O)CCCCCCCCC(C)C)COP(=O)(O)OCC(O)COP(=O)(O)OC[C@@H](COC(=O)CCCCCCCCC(C)C)OC(=O)CCCCCCCCCCC(C)C. The first-order valence-corrected chi connectivity index (χ1v) is 39.7. The van der Waals surface area contributed by atoms with Crippen LogP contribution in [0.5, 0.6) is 0 Å². The summed E-state index contributed by atoms with van der Waals surface area (Å²) in [5.74, 6) is 0.763. The van der Waals surface area contributed by atoms with E-state index in [0.717, 1.165) is 115 Å². The number of phosphoric ester groups is 2. The molecule has 0 aliphatic heterocycles. The van der Waals surface area contributed by atoms with Crippen LogP contribution in [0.25, 0.3) is 0 Å². The maximum atomic E-state index is 13.0. The smallest absolute Gasteiger partial charge is 0.462 e. The molecule has 0 heterocycles. The van der Waals surface area contributed by atoms with E-state index in [-0.39, 0.29) is 25.7 Å². The van der Waals surface area contributed by atoms with Gasteiger partial charge in [-0.1, -0.05) is 299 Å². The number of aliphatic hydroxyl groups excluding tert-OH is 1. The molecule has 0 saturated carbocycles. The van der Waals surface area contributed by atoms with Gasteiger partial charge in [0.1, 0.15) is 19.3 Å². The zero-order valence-electron chi connectivity index (χ0n) is 58.8. The molecule has 17 nitrogen and oxygen atoms in total. The van der Waals surface area contributed by atoms with E-state index in [2.05, 4.69) is 55.4 Å². The second-order valence-electron chi connectivity index (χ2n) is 27.5. The van der Waals surface area contributed by atoms with Crippen LogP contribution in [0.15, 0.2) is 0 Å². The van der Waals surface area contributed by atoms with Crippen LogP contribution in [0, 0.1) is 23.7 Å². The van der Waals surface area contributed by atoms with Gasteiger partial charge in [0.05, 0.1) is 26.4 Å². The van der Waals surface area contributed by atoms with Gasteiger partial charge in [-0.2, -0.15) is 0 Å². The summed E-state index contributed by atoms with van der Waals surface area (Å²) in [6.45, 7) is 14.0.